The Kier molecular flexibility index (Phi) is 4.48. The van der Waals surface area contributed by atoms with Crippen molar-refractivity contribution in [2.75, 3.05) is 0 Å². The van der Waals surface area contributed by atoms with Gasteiger partial charge in [-0.2, -0.15) is 13.2 Å². The lowest BCUT2D eigenvalue weighted by atomic mass is 9.58. The molecule has 0 saturated carbocycles. The fraction of sp³-hybridized carbons (Fsp3) is 0.381. The standard InChI is InChI=1S/C21H21F3O/c1-3-11-20(12-4-2)18-13-15(7-10-17(18)19(20)25)14-5-8-16(9-6-14)21(22,23)24/h5-10,13H,3-4,11-12H2,1-2H3. The number of benzene rings is 2. The first-order valence-electron chi connectivity index (χ1n) is 8.70. The van der Waals surface area contributed by atoms with Gasteiger partial charge in [0.05, 0.1) is 11.0 Å². The summed E-state index contributed by atoms with van der Waals surface area (Å²) in [5.74, 6) is 0.213. The lowest BCUT2D eigenvalue weighted by molar-refractivity contribution is -0.137. The molecule has 0 unspecified atom stereocenters. The van der Waals surface area contributed by atoms with Crippen LogP contribution < -0.4 is 0 Å². The third-order valence-electron chi connectivity index (χ3n) is 5.11. The van der Waals surface area contributed by atoms with E-state index in [1.807, 2.05) is 18.2 Å². The Morgan fingerprint density at radius 2 is 1.44 bits per heavy atom. The highest BCUT2D eigenvalue weighted by Crippen LogP contribution is 2.49. The number of hydrogen-bond acceptors (Lipinski definition) is 1. The van der Waals surface area contributed by atoms with E-state index in [1.54, 1.807) is 0 Å². The maximum Gasteiger partial charge on any atom is 0.416 e. The Morgan fingerprint density at radius 1 is 0.880 bits per heavy atom. The fourth-order valence-corrected chi connectivity index (χ4v) is 3.96. The third kappa shape index (κ3) is 2.88. The lowest BCUT2D eigenvalue weighted by Gasteiger charge is -2.42. The smallest absolute Gasteiger partial charge is 0.293 e. The number of carbonyl (C=O) groups excluding carboxylic acids is 1. The first-order valence-corrected chi connectivity index (χ1v) is 8.70. The van der Waals surface area contributed by atoms with Gasteiger partial charge in [0.25, 0.3) is 0 Å². The molecule has 132 valence electrons. The molecule has 25 heavy (non-hydrogen) atoms. The van der Waals surface area contributed by atoms with Crippen LogP contribution in [0, 0.1) is 0 Å². The summed E-state index contributed by atoms with van der Waals surface area (Å²) in [6, 6.07) is 10.8. The van der Waals surface area contributed by atoms with Crippen molar-refractivity contribution in [2.24, 2.45) is 0 Å². The molecule has 0 aliphatic heterocycles. The van der Waals surface area contributed by atoms with Gasteiger partial charge in [-0.1, -0.05) is 51.0 Å². The molecule has 0 heterocycles. The van der Waals surface area contributed by atoms with Crippen molar-refractivity contribution in [1.29, 1.82) is 0 Å². The predicted molar refractivity (Wildman–Crippen MR) is 92.7 cm³/mol. The minimum Gasteiger partial charge on any atom is -0.293 e. The van der Waals surface area contributed by atoms with Crippen LogP contribution in [0.5, 0.6) is 0 Å². The van der Waals surface area contributed by atoms with E-state index in [4.69, 9.17) is 0 Å². The van der Waals surface area contributed by atoms with E-state index in [0.29, 0.717) is 0 Å². The maximum atomic E-state index is 12.7. The molecule has 1 aliphatic carbocycles. The number of rotatable bonds is 5. The average molecular weight is 346 g/mol. The van der Waals surface area contributed by atoms with Gasteiger partial charge in [-0.05, 0) is 47.7 Å². The predicted octanol–water partition coefficient (Wildman–Crippen LogP) is 6.41. The van der Waals surface area contributed by atoms with Crippen LogP contribution in [-0.2, 0) is 11.6 Å². The number of halogens is 3. The molecule has 0 amide bonds. The Balaban J connectivity index is 1.99. The van der Waals surface area contributed by atoms with Crippen LogP contribution in [-0.4, -0.2) is 5.78 Å². The van der Waals surface area contributed by atoms with Crippen LogP contribution in [0.3, 0.4) is 0 Å². The Bertz CT molecular complexity index is 782. The highest BCUT2D eigenvalue weighted by Gasteiger charge is 2.49. The van der Waals surface area contributed by atoms with Gasteiger partial charge >= 0.3 is 6.18 Å². The molecule has 0 fully saturated rings. The molecule has 1 nitrogen and oxygen atoms in total. The lowest BCUT2D eigenvalue weighted by Crippen LogP contribution is -2.46. The first-order chi connectivity index (χ1) is 11.8. The van der Waals surface area contributed by atoms with Gasteiger partial charge in [0.2, 0.25) is 0 Å². The number of ketones is 1. The summed E-state index contributed by atoms with van der Waals surface area (Å²) in [5.41, 5.74) is 2.35. The van der Waals surface area contributed by atoms with Gasteiger partial charge in [0.15, 0.2) is 5.78 Å². The zero-order valence-electron chi connectivity index (χ0n) is 14.4. The highest BCUT2D eigenvalue weighted by molar-refractivity contribution is 6.14. The topological polar surface area (TPSA) is 17.1 Å². The molecule has 2 aromatic rings. The average Bonchev–Trinajstić information content (AvgIpc) is 2.60. The van der Waals surface area contributed by atoms with E-state index in [0.717, 1.165) is 60.1 Å². The molecule has 0 spiro atoms. The second kappa shape index (κ2) is 6.32. The summed E-state index contributed by atoms with van der Waals surface area (Å²) in [7, 11) is 0. The van der Waals surface area contributed by atoms with Gasteiger partial charge in [-0.15, -0.1) is 0 Å². The summed E-state index contributed by atoms with van der Waals surface area (Å²) in [6.45, 7) is 4.14. The van der Waals surface area contributed by atoms with Gasteiger partial charge < -0.3 is 0 Å². The second-order valence-electron chi connectivity index (χ2n) is 6.75. The molecule has 0 atom stereocenters. The van der Waals surface area contributed by atoms with Gasteiger partial charge in [-0.3, -0.25) is 4.79 Å². The Morgan fingerprint density at radius 3 is 1.96 bits per heavy atom. The Labute approximate surface area is 145 Å². The Hall–Kier alpha value is -2.10. The van der Waals surface area contributed by atoms with Crippen LogP contribution in [0.2, 0.25) is 0 Å². The summed E-state index contributed by atoms with van der Waals surface area (Å²) in [5, 5.41) is 0. The second-order valence-corrected chi connectivity index (χ2v) is 6.75. The van der Waals surface area contributed by atoms with Crippen LogP contribution in [0.1, 0.15) is 61.0 Å². The number of hydrogen-bond donors (Lipinski definition) is 0. The summed E-state index contributed by atoms with van der Waals surface area (Å²) < 4.78 is 38.2. The number of alkyl halides is 3. The van der Waals surface area contributed by atoms with Crippen molar-refractivity contribution >= 4 is 5.78 Å². The van der Waals surface area contributed by atoms with Crippen molar-refractivity contribution in [3.05, 3.63) is 59.2 Å². The molecule has 3 rings (SSSR count). The molecule has 0 saturated heterocycles. The molecule has 4 heteroatoms. The van der Waals surface area contributed by atoms with Crippen LogP contribution in [0.25, 0.3) is 11.1 Å². The third-order valence-corrected chi connectivity index (χ3v) is 5.11. The first kappa shape index (κ1) is 17.7. The fourth-order valence-electron chi connectivity index (χ4n) is 3.96. The quantitative estimate of drug-likeness (QED) is 0.611. The maximum absolute atomic E-state index is 12.7. The summed E-state index contributed by atoms with van der Waals surface area (Å²) in [6.07, 6.45) is -0.833. The van der Waals surface area contributed by atoms with Crippen LogP contribution in [0.15, 0.2) is 42.5 Å². The number of fused-ring (bicyclic) bond motifs is 1. The van der Waals surface area contributed by atoms with E-state index < -0.39 is 17.2 Å². The molecule has 0 aromatic heterocycles. The van der Waals surface area contributed by atoms with Gasteiger partial charge in [0.1, 0.15) is 0 Å². The van der Waals surface area contributed by atoms with Gasteiger partial charge in [0, 0.05) is 5.56 Å². The molecule has 2 aromatic carbocycles. The largest absolute Gasteiger partial charge is 0.416 e. The van der Waals surface area contributed by atoms with Crippen molar-refractivity contribution in [1.82, 2.24) is 0 Å². The van der Waals surface area contributed by atoms with Crippen molar-refractivity contribution in [3.8, 4) is 11.1 Å². The van der Waals surface area contributed by atoms with Crippen molar-refractivity contribution in [3.63, 3.8) is 0 Å². The monoisotopic (exact) mass is 346 g/mol. The van der Waals surface area contributed by atoms with E-state index in [1.165, 1.54) is 12.1 Å². The van der Waals surface area contributed by atoms with Crippen LogP contribution in [0.4, 0.5) is 13.2 Å². The number of carbonyl (C=O) groups is 1. The summed E-state index contributed by atoms with van der Waals surface area (Å²) >= 11 is 0. The zero-order chi connectivity index (χ0) is 18.2. The van der Waals surface area contributed by atoms with Crippen LogP contribution >= 0.6 is 0 Å². The summed E-state index contributed by atoms with van der Waals surface area (Å²) in [4.78, 5) is 12.6. The highest BCUT2D eigenvalue weighted by atomic mass is 19.4. The molecule has 0 radical (unpaired) electrons. The van der Waals surface area contributed by atoms with E-state index in [-0.39, 0.29) is 5.78 Å². The molecule has 0 bridgehead atoms. The minimum absolute atomic E-state index is 0.213. The van der Waals surface area contributed by atoms with E-state index in [2.05, 4.69) is 13.8 Å². The van der Waals surface area contributed by atoms with E-state index >= 15 is 0 Å². The van der Waals surface area contributed by atoms with E-state index in [9.17, 15) is 18.0 Å². The minimum atomic E-state index is -4.33. The molecule has 1 aliphatic rings. The van der Waals surface area contributed by atoms with Crippen molar-refractivity contribution in [2.45, 2.75) is 51.1 Å². The number of Topliss-reactive ketones (excluding diaryl/α,β-unsaturated/α-hetero) is 1. The SMILES string of the molecule is CCCC1(CCC)C(=O)c2ccc(-c3ccc(C(F)(F)F)cc3)cc21. The normalized spacial score (nSPS) is 15.6. The van der Waals surface area contributed by atoms with Crippen molar-refractivity contribution < 1.29 is 18.0 Å². The zero-order valence-corrected chi connectivity index (χ0v) is 14.4. The van der Waals surface area contributed by atoms with Gasteiger partial charge in [-0.25, -0.2) is 0 Å². The molecular weight excluding hydrogens is 325 g/mol. The molecule has 0 N–H and O–H groups in total. The molecular formula is C21H21F3O.